The summed E-state index contributed by atoms with van der Waals surface area (Å²) in [6.07, 6.45) is 4.97. The van der Waals surface area contributed by atoms with Crippen LogP contribution < -0.4 is 20.7 Å². The molecule has 1 amide bonds. The number of aliphatic hydroxyl groups excluding tert-OH is 1. The summed E-state index contributed by atoms with van der Waals surface area (Å²) in [5.74, 6) is 1.43. The Labute approximate surface area is 196 Å². The van der Waals surface area contributed by atoms with Crippen molar-refractivity contribution in [1.29, 1.82) is 0 Å². The first-order chi connectivity index (χ1) is 15.7. The van der Waals surface area contributed by atoms with E-state index >= 15 is 0 Å². The van der Waals surface area contributed by atoms with Crippen LogP contribution in [-0.4, -0.2) is 41.3 Å². The summed E-state index contributed by atoms with van der Waals surface area (Å²) >= 11 is 0. The highest BCUT2D eigenvalue weighted by atomic mass is 16.5. The van der Waals surface area contributed by atoms with E-state index in [-0.39, 0.29) is 17.4 Å². The quantitative estimate of drug-likeness (QED) is 0.545. The maximum atomic E-state index is 13.3. The Bertz CT molecular complexity index is 1020. The largest absolute Gasteiger partial charge is 0.488 e. The van der Waals surface area contributed by atoms with Crippen LogP contribution in [0.15, 0.2) is 24.4 Å². The van der Waals surface area contributed by atoms with Gasteiger partial charge in [0.2, 0.25) is 0 Å². The molecule has 1 aromatic carbocycles. The van der Waals surface area contributed by atoms with Crippen molar-refractivity contribution in [2.75, 3.05) is 23.8 Å². The number of benzene rings is 1. The molecule has 0 saturated heterocycles. The third-order valence-electron chi connectivity index (χ3n) is 6.48. The summed E-state index contributed by atoms with van der Waals surface area (Å²) < 4.78 is 5.72. The zero-order valence-electron chi connectivity index (χ0n) is 20.1. The maximum absolute atomic E-state index is 13.3. The zero-order chi connectivity index (χ0) is 23.6. The first-order valence-corrected chi connectivity index (χ1v) is 12.0. The van der Waals surface area contributed by atoms with Crippen molar-refractivity contribution in [3.05, 3.63) is 46.6 Å². The number of pyridine rings is 1. The molecule has 0 spiro atoms. The number of rotatable bonds is 5. The molecule has 1 aliphatic carbocycles. The summed E-state index contributed by atoms with van der Waals surface area (Å²) in [6, 6.07) is 5.72. The fourth-order valence-electron chi connectivity index (χ4n) is 4.77. The fourth-order valence-corrected chi connectivity index (χ4v) is 4.77. The van der Waals surface area contributed by atoms with Gasteiger partial charge in [-0.1, -0.05) is 39.7 Å². The van der Waals surface area contributed by atoms with Crippen LogP contribution in [0.2, 0.25) is 0 Å². The second-order valence-electron chi connectivity index (χ2n) is 10.2. The van der Waals surface area contributed by atoms with E-state index in [4.69, 9.17) is 4.74 Å². The van der Waals surface area contributed by atoms with Crippen molar-refractivity contribution < 1.29 is 14.6 Å². The molecule has 0 radical (unpaired) electrons. The van der Waals surface area contributed by atoms with Gasteiger partial charge >= 0.3 is 0 Å². The van der Waals surface area contributed by atoms with Crippen molar-refractivity contribution in [3.8, 4) is 5.75 Å². The van der Waals surface area contributed by atoms with Crippen LogP contribution in [0.3, 0.4) is 0 Å². The lowest BCUT2D eigenvalue weighted by Crippen LogP contribution is -2.45. The van der Waals surface area contributed by atoms with Crippen molar-refractivity contribution in [2.24, 2.45) is 0 Å². The normalized spacial score (nSPS) is 20.3. The molecule has 0 bridgehead atoms. The lowest BCUT2D eigenvalue weighted by Gasteiger charge is -2.31. The van der Waals surface area contributed by atoms with Gasteiger partial charge in [-0.2, -0.15) is 0 Å². The average molecular weight is 453 g/mol. The Morgan fingerprint density at radius 3 is 2.82 bits per heavy atom. The van der Waals surface area contributed by atoms with E-state index in [1.165, 1.54) is 0 Å². The van der Waals surface area contributed by atoms with Gasteiger partial charge in [0.1, 0.15) is 6.61 Å². The van der Waals surface area contributed by atoms with E-state index in [0.29, 0.717) is 18.7 Å². The molecule has 7 nitrogen and oxygen atoms in total. The molecule has 33 heavy (non-hydrogen) atoms. The molecule has 4 N–H and O–H groups in total. The second kappa shape index (κ2) is 9.59. The number of aromatic nitrogens is 1. The number of carbonyl (C=O) groups excluding carboxylic acids is 1. The van der Waals surface area contributed by atoms with Crippen molar-refractivity contribution in [1.82, 2.24) is 10.3 Å². The first-order valence-electron chi connectivity index (χ1n) is 12.0. The Morgan fingerprint density at radius 1 is 1.27 bits per heavy atom. The zero-order valence-corrected chi connectivity index (χ0v) is 20.1. The minimum Gasteiger partial charge on any atom is -0.488 e. The molecule has 1 aliphatic heterocycles. The lowest BCUT2D eigenvalue weighted by atomic mass is 9.80. The van der Waals surface area contributed by atoms with Gasteiger partial charge in [-0.05, 0) is 54.0 Å². The smallest absolute Gasteiger partial charge is 0.251 e. The fraction of sp³-hybridized carbons (Fsp3) is 0.538. The molecule has 7 heteroatoms. The summed E-state index contributed by atoms with van der Waals surface area (Å²) in [7, 11) is 0. The minimum absolute atomic E-state index is 0.121. The highest BCUT2D eigenvalue weighted by Crippen LogP contribution is 2.36. The van der Waals surface area contributed by atoms with Crippen LogP contribution in [0.5, 0.6) is 5.75 Å². The number of aryl methyl sites for hydroxylation is 1. The molecule has 178 valence electrons. The van der Waals surface area contributed by atoms with Gasteiger partial charge < -0.3 is 25.8 Å². The molecule has 2 aliphatic rings. The summed E-state index contributed by atoms with van der Waals surface area (Å²) in [6.45, 7) is 10.4. The lowest BCUT2D eigenvalue weighted by molar-refractivity contribution is 0.0716. The number of nitrogens with zero attached hydrogens (tertiary/aromatic N) is 1. The van der Waals surface area contributed by atoms with Gasteiger partial charge in [-0.15, -0.1) is 0 Å². The molecule has 4 rings (SSSR count). The van der Waals surface area contributed by atoms with Crippen LogP contribution in [0.4, 0.5) is 11.5 Å². The van der Waals surface area contributed by atoms with Crippen molar-refractivity contribution >= 4 is 17.4 Å². The predicted octanol–water partition coefficient (Wildman–Crippen LogP) is 4.14. The number of aliphatic hydroxyl groups is 1. The average Bonchev–Trinajstić information content (AvgIpc) is 2.78. The van der Waals surface area contributed by atoms with Gasteiger partial charge in [-0.25, -0.2) is 4.98 Å². The second-order valence-corrected chi connectivity index (χ2v) is 10.2. The Morgan fingerprint density at radius 2 is 2.06 bits per heavy atom. The van der Waals surface area contributed by atoms with Crippen LogP contribution >= 0.6 is 0 Å². The first kappa shape index (κ1) is 23.4. The molecule has 1 saturated carbocycles. The predicted molar refractivity (Wildman–Crippen MR) is 131 cm³/mol. The Balaban J connectivity index is 1.60. The number of hydrogen-bond donors (Lipinski definition) is 4. The molecule has 2 heterocycles. The maximum Gasteiger partial charge on any atom is 0.251 e. The number of carbonyl (C=O) groups is 1. The van der Waals surface area contributed by atoms with Crippen LogP contribution in [-0.2, 0) is 12.0 Å². The van der Waals surface area contributed by atoms with E-state index in [2.05, 4.69) is 48.6 Å². The number of fused-ring (bicyclic) bond motifs is 1. The Kier molecular flexibility index (Phi) is 6.79. The van der Waals surface area contributed by atoms with E-state index in [0.717, 1.165) is 66.2 Å². The molecular formula is C26H36N4O3. The van der Waals surface area contributed by atoms with E-state index < -0.39 is 6.10 Å². The number of nitrogens with one attached hydrogen (secondary N) is 3. The number of amides is 1. The molecule has 1 fully saturated rings. The minimum atomic E-state index is -0.475. The van der Waals surface area contributed by atoms with Crippen LogP contribution in [0.25, 0.3) is 0 Å². The highest BCUT2D eigenvalue weighted by molar-refractivity contribution is 5.98. The molecule has 1 aromatic heterocycles. The number of anilines is 2. The number of ether oxygens (including phenoxy) is 1. The number of hydrogen-bond acceptors (Lipinski definition) is 6. The highest BCUT2D eigenvalue weighted by Gasteiger charge is 2.30. The van der Waals surface area contributed by atoms with E-state index in [1.807, 2.05) is 24.4 Å². The van der Waals surface area contributed by atoms with Gasteiger partial charge in [-0.3, -0.25) is 4.79 Å². The molecular weight excluding hydrogens is 416 g/mol. The van der Waals surface area contributed by atoms with Crippen LogP contribution in [0.1, 0.15) is 73.5 Å². The van der Waals surface area contributed by atoms with E-state index in [9.17, 15) is 9.90 Å². The Hall–Kier alpha value is -2.80. The van der Waals surface area contributed by atoms with Crippen molar-refractivity contribution in [2.45, 2.75) is 77.5 Å². The molecule has 2 atom stereocenters. The summed E-state index contributed by atoms with van der Waals surface area (Å²) in [4.78, 5) is 17.8. The van der Waals surface area contributed by atoms with E-state index in [1.54, 1.807) is 0 Å². The topological polar surface area (TPSA) is 95.5 Å². The monoisotopic (exact) mass is 452 g/mol. The van der Waals surface area contributed by atoms with Crippen LogP contribution in [0, 0.1) is 6.92 Å². The van der Waals surface area contributed by atoms with Gasteiger partial charge in [0.05, 0.1) is 18.7 Å². The summed E-state index contributed by atoms with van der Waals surface area (Å²) in [5, 5.41) is 20.3. The third kappa shape index (κ3) is 5.24. The van der Waals surface area contributed by atoms with Gasteiger partial charge in [0, 0.05) is 24.0 Å². The summed E-state index contributed by atoms with van der Waals surface area (Å²) in [5.41, 5.74) is 4.44. The van der Waals surface area contributed by atoms with Gasteiger partial charge in [0.25, 0.3) is 5.91 Å². The molecule has 2 aromatic rings. The standard InChI is InChI=1S/C26H36N4O3/c1-16-9-10-18(25(32)30-19-7-5-6-8-20(19)31)22(26(2,3)4)23(16)28-14-17-13-21-24(29-15-17)27-11-12-33-21/h9-10,13,15,19-20,28,31H,5-8,11-12,14H2,1-4H3,(H,27,29)(H,30,32)/t19-,20-/m0/s1. The van der Waals surface area contributed by atoms with Gasteiger partial charge in [0.15, 0.2) is 11.6 Å². The third-order valence-corrected chi connectivity index (χ3v) is 6.48. The van der Waals surface area contributed by atoms with Crippen molar-refractivity contribution in [3.63, 3.8) is 0 Å². The molecule has 0 unspecified atom stereocenters. The SMILES string of the molecule is Cc1ccc(C(=O)N[C@H]2CCCC[C@@H]2O)c(C(C)(C)C)c1NCc1cnc2c(c1)OCCN2.